The molecule has 0 saturated carbocycles. The van der Waals surface area contributed by atoms with Crippen LogP contribution in [0.25, 0.3) is 0 Å². The number of rotatable bonds is 6. The van der Waals surface area contributed by atoms with Gasteiger partial charge in [0.1, 0.15) is 0 Å². The van der Waals surface area contributed by atoms with Gasteiger partial charge in [-0.05, 0) is 13.0 Å². The Hall–Kier alpha value is -2.53. The fraction of sp³-hybridized carbons (Fsp3) is 0.167. The van der Waals surface area contributed by atoms with Crippen LogP contribution in [0.4, 0.5) is 10.8 Å². The number of aromatic nitrogens is 2. The molecule has 2 aromatic rings. The van der Waals surface area contributed by atoms with Gasteiger partial charge >= 0.3 is 0 Å². The molecule has 0 fully saturated rings. The molecule has 0 spiro atoms. The van der Waals surface area contributed by atoms with Crippen molar-refractivity contribution in [1.82, 2.24) is 10.2 Å². The van der Waals surface area contributed by atoms with Crippen LogP contribution < -0.4 is 11.1 Å². The largest absolute Gasteiger partial charge is 0.369 e. The minimum Gasteiger partial charge on any atom is -0.369 e. The monoisotopic (exact) mass is 353 g/mol. The maximum atomic E-state index is 12.1. The van der Waals surface area contributed by atoms with Crippen molar-refractivity contribution in [2.24, 2.45) is 5.73 Å². The predicted octanol–water partition coefficient (Wildman–Crippen LogP) is 1.58. The molecule has 23 heavy (non-hydrogen) atoms. The standard InChI is InChI=1S/C12H11N5O4S2/c1-6-2-3-7(4-8(6)17(20)21)10(19)14-11-15-16-12(23-11)22-5-9(13)18/h2-4H,5H2,1H3,(H2,13,18)(H,14,15,19). The molecule has 0 bridgehead atoms. The summed E-state index contributed by atoms with van der Waals surface area (Å²) in [6.07, 6.45) is 0. The number of nitrogens with two attached hydrogens (primary N) is 1. The van der Waals surface area contributed by atoms with E-state index in [0.717, 1.165) is 23.1 Å². The van der Waals surface area contributed by atoms with Gasteiger partial charge in [-0.2, -0.15) is 0 Å². The van der Waals surface area contributed by atoms with E-state index in [1.807, 2.05) is 0 Å². The Kier molecular flexibility index (Phi) is 5.24. The molecule has 2 amide bonds. The highest BCUT2D eigenvalue weighted by Gasteiger charge is 2.16. The fourth-order valence-corrected chi connectivity index (χ4v) is 3.05. The zero-order chi connectivity index (χ0) is 17.0. The number of hydrogen-bond acceptors (Lipinski definition) is 8. The summed E-state index contributed by atoms with van der Waals surface area (Å²) in [7, 11) is 0. The third kappa shape index (κ3) is 4.47. The molecule has 0 aliphatic rings. The van der Waals surface area contributed by atoms with Crippen LogP contribution >= 0.6 is 23.1 Å². The van der Waals surface area contributed by atoms with E-state index in [2.05, 4.69) is 15.5 Å². The van der Waals surface area contributed by atoms with Crippen molar-refractivity contribution in [2.45, 2.75) is 11.3 Å². The summed E-state index contributed by atoms with van der Waals surface area (Å²) in [5, 5.41) is 21.2. The Labute approximate surface area is 138 Å². The van der Waals surface area contributed by atoms with Crippen molar-refractivity contribution in [1.29, 1.82) is 0 Å². The third-order valence-corrected chi connectivity index (χ3v) is 4.63. The number of carbonyl (C=O) groups excluding carboxylic acids is 2. The first-order valence-corrected chi connectivity index (χ1v) is 7.98. The van der Waals surface area contributed by atoms with Crippen LogP contribution in [0.5, 0.6) is 0 Å². The SMILES string of the molecule is Cc1ccc(C(=O)Nc2nnc(SCC(N)=O)s2)cc1[N+](=O)[O-]. The van der Waals surface area contributed by atoms with Crippen LogP contribution in [0.2, 0.25) is 0 Å². The second kappa shape index (κ2) is 7.15. The molecule has 3 N–H and O–H groups in total. The molecule has 0 saturated heterocycles. The Morgan fingerprint density at radius 3 is 2.83 bits per heavy atom. The van der Waals surface area contributed by atoms with Gasteiger partial charge in [0.2, 0.25) is 11.0 Å². The van der Waals surface area contributed by atoms with Crippen LogP contribution in [-0.2, 0) is 4.79 Å². The Bertz CT molecular complexity index is 777. The molecule has 0 atom stereocenters. The van der Waals surface area contributed by atoms with Gasteiger partial charge in [-0.3, -0.25) is 25.0 Å². The highest BCUT2D eigenvalue weighted by Crippen LogP contribution is 2.26. The number of carbonyl (C=O) groups is 2. The molecule has 2 rings (SSSR count). The fourth-order valence-electron chi connectivity index (χ4n) is 1.57. The molecule has 120 valence electrons. The highest BCUT2D eigenvalue weighted by atomic mass is 32.2. The topological polar surface area (TPSA) is 141 Å². The molecular weight excluding hydrogens is 342 g/mol. The molecule has 1 aromatic heterocycles. The van der Waals surface area contributed by atoms with Gasteiger partial charge in [0.25, 0.3) is 11.6 Å². The van der Waals surface area contributed by atoms with Gasteiger partial charge < -0.3 is 5.73 Å². The molecule has 0 aliphatic heterocycles. The molecule has 11 heteroatoms. The number of nitro benzene ring substituents is 1. The second-order valence-electron chi connectivity index (χ2n) is 4.34. The average molecular weight is 353 g/mol. The maximum absolute atomic E-state index is 12.1. The number of thioether (sulfide) groups is 1. The molecule has 9 nitrogen and oxygen atoms in total. The number of hydrogen-bond donors (Lipinski definition) is 2. The third-order valence-electron chi connectivity index (χ3n) is 2.63. The van der Waals surface area contributed by atoms with E-state index in [4.69, 9.17) is 5.73 Å². The molecule has 0 unspecified atom stereocenters. The van der Waals surface area contributed by atoms with Crippen LogP contribution in [0, 0.1) is 17.0 Å². The van der Waals surface area contributed by atoms with Crippen molar-refractivity contribution in [3.8, 4) is 0 Å². The lowest BCUT2D eigenvalue weighted by atomic mass is 10.1. The number of nitrogens with zero attached hydrogens (tertiary/aromatic N) is 3. The zero-order valence-corrected chi connectivity index (χ0v) is 13.4. The van der Waals surface area contributed by atoms with E-state index in [0.29, 0.717) is 9.90 Å². The van der Waals surface area contributed by atoms with Crippen molar-refractivity contribution in [3.63, 3.8) is 0 Å². The maximum Gasteiger partial charge on any atom is 0.273 e. The number of anilines is 1. The molecular formula is C12H11N5O4S2. The van der Waals surface area contributed by atoms with E-state index < -0.39 is 16.7 Å². The van der Waals surface area contributed by atoms with Crippen LogP contribution in [0.3, 0.4) is 0 Å². The summed E-state index contributed by atoms with van der Waals surface area (Å²) < 4.78 is 0.481. The van der Waals surface area contributed by atoms with Gasteiger partial charge in [0.15, 0.2) is 4.34 Å². The second-order valence-corrected chi connectivity index (χ2v) is 6.54. The van der Waals surface area contributed by atoms with Crippen molar-refractivity contribution in [2.75, 3.05) is 11.1 Å². The number of amides is 2. The first kappa shape index (κ1) is 16.8. The lowest BCUT2D eigenvalue weighted by Gasteiger charge is -2.02. The zero-order valence-electron chi connectivity index (χ0n) is 11.8. The normalized spacial score (nSPS) is 10.3. The molecule has 1 aromatic carbocycles. The summed E-state index contributed by atoms with van der Waals surface area (Å²) in [6, 6.07) is 4.19. The van der Waals surface area contributed by atoms with Gasteiger partial charge in [-0.1, -0.05) is 29.2 Å². The Balaban J connectivity index is 2.09. The summed E-state index contributed by atoms with van der Waals surface area (Å²) in [5.41, 5.74) is 5.50. The lowest BCUT2D eigenvalue weighted by molar-refractivity contribution is -0.385. The number of nitrogens with one attached hydrogen (secondary N) is 1. The Morgan fingerprint density at radius 2 is 2.17 bits per heavy atom. The van der Waals surface area contributed by atoms with E-state index in [1.54, 1.807) is 6.92 Å². The summed E-state index contributed by atoms with van der Waals surface area (Å²) in [5.74, 6) is -0.953. The van der Waals surface area contributed by atoms with Crippen molar-refractivity contribution >= 4 is 45.7 Å². The molecule has 0 aliphatic carbocycles. The van der Waals surface area contributed by atoms with Crippen LogP contribution in [0.15, 0.2) is 22.5 Å². The first-order chi connectivity index (χ1) is 10.9. The average Bonchev–Trinajstić information content (AvgIpc) is 2.92. The Morgan fingerprint density at radius 1 is 1.43 bits per heavy atom. The van der Waals surface area contributed by atoms with Crippen molar-refractivity contribution in [3.05, 3.63) is 39.4 Å². The highest BCUT2D eigenvalue weighted by molar-refractivity contribution is 8.01. The van der Waals surface area contributed by atoms with E-state index in [9.17, 15) is 19.7 Å². The first-order valence-electron chi connectivity index (χ1n) is 6.18. The van der Waals surface area contributed by atoms with Gasteiger partial charge in [-0.25, -0.2) is 0 Å². The van der Waals surface area contributed by atoms with Crippen LogP contribution in [-0.4, -0.2) is 32.7 Å². The minimum atomic E-state index is -0.546. The lowest BCUT2D eigenvalue weighted by Crippen LogP contribution is -2.12. The molecule has 1 heterocycles. The minimum absolute atomic E-state index is 0.0622. The summed E-state index contributed by atoms with van der Waals surface area (Å²) in [6.45, 7) is 1.59. The number of primary amides is 1. The van der Waals surface area contributed by atoms with Gasteiger partial charge in [0.05, 0.1) is 10.7 Å². The van der Waals surface area contributed by atoms with E-state index in [-0.39, 0.29) is 22.1 Å². The smallest absolute Gasteiger partial charge is 0.273 e. The quantitative estimate of drug-likeness (QED) is 0.347. The number of benzene rings is 1. The van der Waals surface area contributed by atoms with E-state index in [1.165, 1.54) is 18.2 Å². The summed E-state index contributed by atoms with van der Waals surface area (Å²) >= 11 is 2.19. The van der Waals surface area contributed by atoms with Crippen molar-refractivity contribution < 1.29 is 14.5 Å². The number of nitro groups is 1. The van der Waals surface area contributed by atoms with E-state index >= 15 is 0 Å². The van der Waals surface area contributed by atoms with Gasteiger partial charge in [0, 0.05) is 17.2 Å². The van der Waals surface area contributed by atoms with Crippen LogP contribution in [0.1, 0.15) is 15.9 Å². The predicted molar refractivity (Wildman–Crippen MR) is 85.6 cm³/mol. The molecule has 0 radical (unpaired) electrons. The number of aryl methyl sites for hydroxylation is 1. The van der Waals surface area contributed by atoms with Gasteiger partial charge in [-0.15, -0.1) is 10.2 Å². The summed E-state index contributed by atoms with van der Waals surface area (Å²) in [4.78, 5) is 33.1.